The zero-order valence-corrected chi connectivity index (χ0v) is 18.6. The van der Waals surface area contributed by atoms with E-state index in [0.29, 0.717) is 12.3 Å². The van der Waals surface area contributed by atoms with Crippen LogP contribution in [0.3, 0.4) is 0 Å². The number of nitriles is 1. The normalized spacial score (nSPS) is 14.5. The summed E-state index contributed by atoms with van der Waals surface area (Å²) in [5.74, 6) is -0.982. The van der Waals surface area contributed by atoms with Gasteiger partial charge in [0.2, 0.25) is 5.91 Å². The van der Waals surface area contributed by atoms with Crippen molar-refractivity contribution in [1.82, 2.24) is 10.6 Å². The molecule has 7 nitrogen and oxygen atoms in total. The SMILES string of the molecule is N#CCNC(=O)[C@H](CC1CCCCC1)NC(=O)c1cccc(C(=O)OCc2ccccc2)c1. The molecular weight excluding hydrogens is 418 g/mol. The van der Waals surface area contributed by atoms with Gasteiger partial charge in [-0.3, -0.25) is 9.59 Å². The third kappa shape index (κ3) is 7.46. The Balaban J connectivity index is 1.65. The third-order valence-corrected chi connectivity index (χ3v) is 5.83. The lowest BCUT2D eigenvalue weighted by molar-refractivity contribution is -0.123. The Kier molecular flexibility index (Phi) is 9.01. The molecule has 0 spiro atoms. The number of hydrogen-bond donors (Lipinski definition) is 2. The molecule has 0 aliphatic heterocycles. The summed E-state index contributed by atoms with van der Waals surface area (Å²) in [6.45, 7) is 0.0250. The number of carbonyl (C=O) groups is 3. The van der Waals surface area contributed by atoms with E-state index in [1.54, 1.807) is 18.2 Å². The smallest absolute Gasteiger partial charge is 0.338 e. The summed E-state index contributed by atoms with van der Waals surface area (Å²) >= 11 is 0. The van der Waals surface area contributed by atoms with Crippen molar-refractivity contribution >= 4 is 17.8 Å². The van der Waals surface area contributed by atoms with Crippen LogP contribution < -0.4 is 10.6 Å². The molecule has 2 N–H and O–H groups in total. The fourth-order valence-corrected chi connectivity index (χ4v) is 4.07. The number of esters is 1. The van der Waals surface area contributed by atoms with E-state index in [9.17, 15) is 14.4 Å². The van der Waals surface area contributed by atoms with Crippen LogP contribution in [0, 0.1) is 17.2 Å². The molecule has 1 saturated carbocycles. The van der Waals surface area contributed by atoms with Crippen LogP contribution in [0.2, 0.25) is 0 Å². The lowest BCUT2D eigenvalue weighted by atomic mass is 9.84. The largest absolute Gasteiger partial charge is 0.457 e. The lowest BCUT2D eigenvalue weighted by Gasteiger charge is -2.26. The highest BCUT2D eigenvalue weighted by molar-refractivity contribution is 6.00. The number of nitrogens with zero attached hydrogens (tertiary/aromatic N) is 1. The first kappa shape index (κ1) is 24.0. The number of rotatable bonds is 9. The quantitative estimate of drug-likeness (QED) is 0.450. The minimum atomic E-state index is -0.734. The summed E-state index contributed by atoms with van der Waals surface area (Å²) in [6.07, 6.45) is 6.03. The monoisotopic (exact) mass is 447 g/mol. The molecular formula is C26H29N3O4. The van der Waals surface area contributed by atoms with Crippen molar-refractivity contribution in [2.75, 3.05) is 6.54 Å². The van der Waals surface area contributed by atoms with Crippen LogP contribution in [0.5, 0.6) is 0 Å². The van der Waals surface area contributed by atoms with Crippen LogP contribution in [-0.2, 0) is 16.1 Å². The van der Waals surface area contributed by atoms with E-state index in [0.717, 1.165) is 31.2 Å². The maximum atomic E-state index is 12.9. The fourth-order valence-electron chi connectivity index (χ4n) is 4.07. The predicted octanol–water partition coefficient (Wildman–Crippen LogP) is 3.75. The zero-order chi connectivity index (χ0) is 23.5. The van der Waals surface area contributed by atoms with Gasteiger partial charge in [0.05, 0.1) is 11.6 Å². The maximum Gasteiger partial charge on any atom is 0.338 e. The van der Waals surface area contributed by atoms with Crippen molar-refractivity contribution in [3.63, 3.8) is 0 Å². The first-order valence-electron chi connectivity index (χ1n) is 11.3. The summed E-state index contributed by atoms with van der Waals surface area (Å²) in [5.41, 5.74) is 1.40. The van der Waals surface area contributed by atoms with E-state index in [-0.39, 0.29) is 30.2 Å². The lowest BCUT2D eigenvalue weighted by Crippen LogP contribution is -2.48. The van der Waals surface area contributed by atoms with Gasteiger partial charge in [0.15, 0.2) is 0 Å². The highest BCUT2D eigenvalue weighted by Gasteiger charge is 2.26. The van der Waals surface area contributed by atoms with Gasteiger partial charge in [-0.05, 0) is 36.1 Å². The van der Waals surface area contributed by atoms with Crippen LogP contribution in [0.15, 0.2) is 54.6 Å². The van der Waals surface area contributed by atoms with E-state index in [1.165, 1.54) is 12.5 Å². The second kappa shape index (κ2) is 12.4. The van der Waals surface area contributed by atoms with Crippen molar-refractivity contribution in [1.29, 1.82) is 5.26 Å². The molecule has 1 aliphatic carbocycles. The molecule has 1 aliphatic rings. The molecule has 2 aromatic rings. The van der Waals surface area contributed by atoms with Gasteiger partial charge in [-0.15, -0.1) is 0 Å². The number of amides is 2. The predicted molar refractivity (Wildman–Crippen MR) is 123 cm³/mol. The molecule has 0 aromatic heterocycles. The van der Waals surface area contributed by atoms with Crippen molar-refractivity contribution in [3.05, 3.63) is 71.3 Å². The minimum absolute atomic E-state index is 0.112. The van der Waals surface area contributed by atoms with Gasteiger partial charge in [0.1, 0.15) is 19.2 Å². The van der Waals surface area contributed by atoms with Gasteiger partial charge < -0.3 is 15.4 Å². The first-order valence-corrected chi connectivity index (χ1v) is 11.3. The van der Waals surface area contributed by atoms with Crippen LogP contribution >= 0.6 is 0 Å². The van der Waals surface area contributed by atoms with E-state index in [4.69, 9.17) is 10.00 Å². The first-order chi connectivity index (χ1) is 16.1. The standard InChI is InChI=1S/C26H29N3O4/c27-14-15-28-25(31)23(16-19-8-3-1-4-9-19)29-24(30)21-12-7-13-22(17-21)26(32)33-18-20-10-5-2-6-11-20/h2,5-7,10-13,17,19,23H,1,3-4,8-9,15-16,18H2,(H,28,31)(H,29,30)/t23-/m0/s1. The molecule has 0 radical (unpaired) electrons. The number of carbonyl (C=O) groups excluding carboxylic acids is 3. The van der Waals surface area contributed by atoms with Crippen LogP contribution in [0.25, 0.3) is 0 Å². The fraction of sp³-hybridized carbons (Fsp3) is 0.385. The van der Waals surface area contributed by atoms with Crippen LogP contribution in [-0.4, -0.2) is 30.4 Å². The van der Waals surface area contributed by atoms with E-state index >= 15 is 0 Å². The Morgan fingerprint density at radius 1 is 1.00 bits per heavy atom. The minimum Gasteiger partial charge on any atom is -0.457 e. The van der Waals surface area contributed by atoms with E-state index in [2.05, 4.69) is 10.6 Å². The van der Waals surface area contributed by atoms with Crippen LogP contribution in [0.1, 0.15) is 64.8 Å². The van der Waals surface area contributed by atoms with Gasteiger partial charge in [-0.25, -0.2) is 4.79 Å². The Bertz CT molecular complexity index is 994. The molecule has 2 aromatic carbocycles. The summed E-state index contributed by atoms with van der Waals surface area (Å²) in [7, 11) is 0. The van der Waals surface area contributed by atoms with Crippen molar-refractivity contribution < 1.29 is 19.1 Å². The van der Waals surface area contributed by atoms with E-state index < -0.39 is 17.9 Å². The number of hydrogen-bond acceptors (Lipinski definition) is 5. The second-order valence-corrected chi connectivity index (χ2v) is 8.28. The summed E-state index contributed by atoms with van der Waals surface area (Å²) in [4.78, 5) is 38.0. The molecule has 33 heavy (non-hydrogen) atoms. The Morgan fingerprint density at radius 3 is 2.45 bits per heavy atom. The molecule has 1 atom stereocenters. The Morgan fingerprint density at radius 2 is 1.73 bits per heavy atom. The van der Waals surface area contributed by atoms with E-state index in [1.807, 2.05) is 36.4 Å². The van der Waals surface area contributed by atoms with Gasteiger partial charge in [-0.2, -0.15) is 5.26 Å². The van der Waals surface area contributed by atoms with Crippen molar-refractivity contribution in [2.45, 2.75) is 51.2 Å². The van der Waals surface area contributed by atoms with Gasteiger partial charge in [0, 0.05) is 5.56 Å². The average Bonchev–Trinajstić information content (AvgIpc) is 2.86. The summed E-state index contributed by atoms with van der Waals surface area (Å²) < 4.78 is 5.35. The molecule has 0 saturated heterocycles. The molecule has 0 unspecified atom stereocenters. The Labute approximate surface area is 194 Å². The molecule has 3 rings (SSSR count). The molecule has 7 heteroatoms. The molecule has 2 amide bonds. The van der Waals surface area contributed by atoms with Crippen molar-refractivity contribution in [2.24, 2.45) is 5.92 Å². The average molecular weight is 448 g/mol. The topological polar surface area (TPSA) is 108 Å². The molecule has 0 bridgehead atoms. The number of benzene rings is 2. The molecule has 0 heterocycles. The highest BCUT2D eigenvalue weighted by atomic mass is 16.5. The highest BCUT2D eigenvalue weighted by Crippen LogP contribution is 2.27. The zero-order valence-electron chi connectivity index (χ0n) is 18.6. The summed E-state index contributed by atoms with van der Waals surface area (Å²) in [5, 5.41) is 14.1. The third-order valence-electron chi connectivity index (χ3n) is 5.83. The second-order valence-electron chi connectivity index (χ2n) is 8.28. The number of ether oxygens (including phenoxy) is 1. The molecule has 1 fully saturated rings. The van der Waals surface area contributed by atoms with Gasteiger partial charge in [0.25, 0.3) is 5.91 Å². The Hall–Kier alpha value is -3.66. The van der Waals surface area contributed by atoms with Crippen molar-refractivity contribution in [3.8, 4) is 6.07 Å². The molecule has 172 valence electrons. The maximum absolute atomic E-state index is 12.9. The number of nitrogens with one attached hydrogen (secondary N) is 2. The van der Waals surface area contributed by atoms with Crippen LogP contribution in [0.4, 0.5) is 0 Å². The van der Waals surface area contributed by atoms with Gasteiger partial charge >= 0.3 is 5.97 Å². The summed E-state index contributed by atoms with van der Waals surface area (Å²) in [6, 6.07) is 16.8. The van der Waals surface area contributed by atoms with Gasteiger partial charge in [-0.1, -0.05) is 68.5 Å².